The number of carbonyl (C=O) groups is 1. The van der Waals surface area contributed by atoms with Gasteiger partial charge in [-0.2, -0.15) is 13.2 Å². The first-order chi connectivity index (χ1) is 14.8. The normalized spacial score (nSPS) is 16.3. The van der Waals surface area contributed by atoms with Gasteiger partial charge in [-0.25, -0.2) is 0 Å². The second-order valence-corrected chi connectivity index (χ2v) is 10.9. The summed E-state index contributed by atoms with van der Waals surface area (Å²) in [6.45, 7) is 8.62. The lowest BCUT2D eigenvalue weighted by Gasteiger charge is -2.37. The van der Waals surface area contributed by atoms with Crippen LogP contribution in [0.2, 0.25) is 0 Å². The van der Waals surface area contributed by atoms with Crippen LogP contribution in [0.5, 0.6) is 0 Å². The van der Waals surface area contributed by atoms with E-state index in [2.05, 4.69) is 4.72 Å². The van der Waals surface area contributed by atoms with Gasteiger partial charge in [0, 0.05) is 17.8 Å². The number of hydrogen-bond acceptors (Lipinski definition) is 4. The van der Waals surface area contributed by atoms with Crippen LogP contribution in [0.3, 0.4) is 0 Å². The van der Waals surface area contributed by atoms with Gasteiger partial charge in [0.2, 0.25) is 0 Å². The van der Waals surface area contributed by atoms with Gasteiger partial charge in [-0.3, -0.25) is 0 Å². The fourth-order valence-electron chi connectivity index (χ4n) is 3.19. The van der Waals surface area contributed by atoms with E-state index in [1.165, 1.54) is 0 Å². The Hall–Kier alpha value is -1.87. The Balaban J connectivity index is 2.38. The van der Waals surface area contributed by atoms with E-state index < -0.39 is 39.5 Å². The fourth-order valence-corrected chi connectivity index (χ4v) is 4.12. The Morgan fingerprint density at radius 1 is 1.09 bits per heavy atom. The molecule has 0 spiro atoms. The standard InChI is InChI=1S/C24H30F3NO3S/c1-17-13-19(15-21(14-17)24(25,26)27)18(2)31-16-23(11-12-29,20-9-7-6-8-10-20)28-32(30)22(3,4)5/h6-10,12-15,18,28H,11,16H2,1-5H3/t18-,23-,32?/m1/s1. The Bertz CT molecular complexity index is 900. The topological polar surface area (TPSA) is 61.4 Å². The summed E-state index contributed by atoms with van der Waals surface area (Å²) in [4.78, 5) is 11.6. The highest BCUT2D eigenvalue weighted by Crippen LogP contribution is 2.34. The molecule has 8 heteroatoms. The maximum absolute atomic E-state index is 13.2. The second kappa shape index (κ2) is 10.4. The van der Waals surface area contributed by atoms with E-state index in [4.69, 9.17) is 4.74 Å². The van der Waals surface area contributed by atoms with Crippen LogP contribution >= 0.6 is 0 Å². The number of benzene rings is 2. The van der Waals surface area contributed by atoms with E-state index in [9.17, 15) is 22.5 Å². The molecule has 2 aromatic carbocycles. The molecule has 2 rings (SSSR count). The van der Waals surface area contributed by atoms with Crippen LogP contribution in [0.4, 0.5) is 13.2 Å². The SMILES string of the molecule is Cc1cc([C@@H](C)OC[C@@](CC=O)(N[S+]([O-])C(C)(C)C)c2ccccc2)cc(C(F)(F)F)c1. The Morgan fingerprint density at radius 2 is 1.72 bits per heavy atom. The summed E-state index contributed by atoms with van der Waals surface area (Å²) in [5.41, 5.74) is -0.289. The average Bonchev–Trinajstić information content (AvgIpc) is 2.70. The summed E-state index contributed by atoms with van der Waals surface area (Å²) in [7, 11) is 0. The molecule has 0 radical (unpaired) electrons. The van der Waals surface area contributed by atoms with Crippen LogP contribution in [-0.4, -0.2) is 22.2 Å². The third-order valence-corrected chi connectivity index (χ3v) is 6.77. The molecule has 0 saturated carbocycles. The van der Waals surface area contributed by atoms with Crippen LogP contribution in [0.15, 0.2) is 48.5 Å². The number of rotatable bonds is 9. The van der Waals surface area contributed by atoms with Gasteiger partial charge < -0.3 is 14.1 Å². The lowest BCUT2D eigenvalue weighted by atomic mass is 9.89. The number of nitrogens with one attached hydrogen (secondary N) is 1. The molecule has 0 heterocycles. The summed E-state index contributed by atoms with van der Waals surface area (Å²) in [6, 6.07) is 12.8. The van der Waals surface area contributed by atoms with Crippen molar-refractivity contribution in [2.45, 2.75) is 63.6 Å². The molecular formula is C24H30F3NO3S. The van der Waals surface area contributed by atoms with Crippen LogP contribution < -0.4 is 4.72 Å². The summed E-state index contributed by atoms with van der Waals surface area (Å²) >= 11 is -1.52. The van der Waals surface area contributed by atoms with Gasteiger partial charge >= 0.3 is 6.18 Å². The molecule has 32 heavy (non-hydrogen) atoms. The van der Waals surface area contributed by atoms with Gasteiger partial charge in [-0.05, 0) is 57.9 Å². The maximum atomic E-state index is 13.2. The van der Waals surface area contributed by atoms with Crippen molar-refractivity contribution in [2.24, 2.45) is 0 Å². The van der Waals surface area contributed by atoms with Crippen molar-refractivity contribution in [3.05, 3.63) is 70.8 Å². The van der Waals surface area contributed by atoms with E-state index in [1.54, 1.807) is 44.2 Å². The van der Waals surface area contributed by atoms with Crippen molar-refractivity contribution in [3.8, 4) is 0 Å². The molecule has 1 N–H and O–H groups in total. The molecule has 176 valence electrons. The third-order valence-electron chi connectivity index (χ3n) is 5.08. The number of halogens is 3. The third kappa shape index (κ3) is 6.81. The van der Waals surface area contributed by atoms with Gasteiger partial charge in [0.05, 0.1) is 18.3 Å². The minimum absolute atomic E-state index is 0.0207. The Labute approximate surface area is 190 Å². The summed E-state index contributed by atoms with van der Waals surface area (Å²) in [5, 5.41) is 0. The molecule has 2 aromatic rings. The number of hydrogen-bond donors (Lipinski definition) is 1. The van der Waals surface area contributed by atoms with Crippen molar-refractivity contribution in [1.82, 2.24) is 4.72 Å². The first-order valence-electron chi connectivity index (χ1n) is 10.3. The molecule has 1 unspecified atom stereocenters. The van der Waals surface area contributed by atoms with Crippen LogP contribution in [0, 0.1) is 6.92 Å². The molecule has 4 nitrogen and oxygen atoms in total. The number of carbonyl (C=O) groups excluding carboxylic acids is 1. The van der Waals surface area contributed by atoms with Crippen LogP contribution in [0.1, 0.15) is 62.5 Å². The van der Waals surface area contributed by atoms with E-state index in [1.807, 2.05) is 26.8 Å². The van der Waals surface area contributed by atoms with Crippen molar-refractivity contribution in [1.29, 1.82) is 0 Å². The summed E-state index contributed by atoms with van der Waals surface area (Å²) < 4.78 is 61.2. The summed E-state index contributed by atoms with van der Waals surface area (Å²) in [5.74, 6) is 0. The molecule has 0 aromatic heterocycles. The van der Waals surface area contributed by atoms with E-state index >= 15 is 0 Å². The van der Waals surface area contributed by atoms with E-state index in [-0.39, 0.29) is 13.0 Å². The fraction of sp³-hybridized carbons (Fsp3) is 0.458. The average molecular weight is 470 g/mol. The number of ether oxygens (including phenoxy) is 1. The van der Waals surface area contributed by atoms with E-state index in [0.717, 1.165) is 18.4 Å². The molecule has 0 saturated heterocycles. The first kappa shape index (κ1) is 26.4. The van der Waals surface area contributed by atoms with Crippen molar-refractivity contribution >= 4 is 17.6 Å². The van der Waals surface area contributed by atoms with Gasteiger partial charge in [0.1, 0.15) is 16.6 Å². The highest BCUT2D eigenvalue weighted by molar-refractivity contribution is 7.90. The van der Waals surface area contributed by atoms with Gasteiger partial charge in [-0.1, -0.05) is 42.0 Å². The van der Waals surface area contributed by atoms with Gasteiger partial charge in [0.25, 0.3) is 0 Å². The maximum Gasteiger partial charge on any atom is 0.416 e. The zero-order valence-electron chi connectivity index (χ0n) is 19.0. The lowest BCUT2D eigenvalue weighted by Crippen LogP contribution is -2.54. The monoisotopic (exact) mass is 469 g/mol. The molecular weight excluding hydrogens is 439 g/mol. The predicted molar refractivity (Wildman–Crippen MR) is 120 cm³/mol. The molecule has 0 bridgehead atoms. The molecule has 0 aliphatic heterocycles. The lowest BCUT2D eigenvalue weighted by molar-refractivity contribution is -0.137. The first-order valence-corrected chi connectivity index (χ1v) is 11.4. The minimum Gasteiger partial charge on any atom is -0.598 e. The van der Waals surface area contributed by atoms with Crippen molar-refractivity contribution in [3.63, 3.8) is 0 Å². The number of alkyl halides is 3. The molecule has 3 atom stereocenters. The molecule has 0 fully saturated rings. The van der Waals surface area contributed by atoms with Crippen LogP contribution in [-0.2, 0) is 32.6 Å². The highest BCUT2D eigenvalue weighted by Gasteiger charge is 2.41. The highest BCUT2D eigenvalue weighted by atomic mass is 32.2. The predicted octanol–water partition coefficient (Wildman–Crippen LogP) is 5.63. The molecule has 0 amide bonds. The molecule has 0 aliphatic carbocycles. The van der Waals surface area contributed by atoms with Crippen molar-refractivity contribution < 1.29 is 27.3 Å². The number of aryl methyl sites for hydroxylation is 1. The second-order valence-electron chi connectivity index (χ2n) is 8.89. The zero-order chi connectivity index (χ0) is 24.2. The quantitative estimate of drug-likeness (QED) is 0.382. The van der Waals surface area contributed by atoms with E-state index in [0.29, 0.717) is 16.7 Å². The van der Waals surface area contributed by atoms with Crippen molar-refractivity contribution in [2.75, 3.05) is 6.61 Å². The van der Waals surface area contributed by atoms with Crippen LogP contribution in [0.25, 0.3) is 0 Å². The largest absolute Gasteiger partial charge is 0.598 e. The summed E-state index contributed by atoms with van der Waals surface area (Å²) in [6.07, 6.45) is -4.44. The Morgan fingerprint density at radius 3 is 2.25 bits per heavy atom. The number of aldehydes is 1. The molecule has 0 aliphatic rings. The minimum atomic E-state index is -4.46. The zero-order valence-corrected chi connectivity index (χ0v) is 19.8. The van der Waals surface area contributed by atoms with Gasteiger partial charge in [0.15, 0.2) is 0 Å². The Kier molecular flexibility index (Phi) is 8.56. The smallest absolute Gasteiger partial charge is 0.416 e. The van der Waals surface area contributed by atoms with Gasteiger partial charge in [-0.15, -0.1) is 4.72 Å².